The van der Waals surface area contributed by atoms with Crippen LogP contribution in [-0.2, 0) is 24.0 Å². The quantitative estimate of drug-likeness (QED) is 0.152. The third-order valence-corrected chi connectivity index (χ3v) is 3.07. The van der Waals surface area contributed by atoms with Crippen molar-refractivity contribution < 1.29 is 29.1 Å². The number of hydrogen-bond acceptors (Lipinski definition) is 10. The minimum atomic E-state index is -1.26. The highest BCUT2D eigenvalue weighted by molar-refractivity contribution is 7.97. The number of carbonyl (C=O) groups excluding carboxylic acids is 3. The van der Waals surface area contributed by atoms with Crippen LogP contribution in [0.3, 0.4) is 0 Å². The molecule has 130 valence electrons. The highest BCUT2D eigenvalue weighted by Gasteiger charge is 2.22. The Labute approximate surface area is 134 Å². The van der Waals surface area contributed by atoms with Crippen LogP contribution in [0.1, 0.15) is 12.8 Å². The Bertz CT molecular complexity index is 461. The molecule has 0 fully saturated rings. The van der Waals surface area contributed by atoms with Gasteiger partial charge in [0.15, 0.2) is 0 Å². The summed E-state index contributed by atoms with van der Waals surface area (Å²) in [6.45, 7) is -0.523. The third kappa shape index (κ3) is 9.38. The summed E-state index contributed by atoms with van der Waals surface area (Å²) in [5.74, 6) is 0.853. The lowest BCUT2D eigenvalue weighted by Crippen LogP contribution is -2.49. The lowest BCUT2D eigenvalue weighted by atomic mass is 10.1. The lowest BCUT2D eigenvalue weighted by Gasteiger charge is -2.16. The van der Waals surface area contributed by atoms with Crippen LogP contribution in [0.15, 0.2) is 4.58 Å². The van der Waals surface area contributed by atoms with E-state index in [4.69, 9.17) is 10.8 Å². The summed E-state index contributed by atoms with van der Waals surface area (Å²) in [4.78, 5) is 58.8. The van der Waals surface area contributed by atoms with E-state index >= 15 is 0 Å². The molecule has 23 heavy (non-hydrogen) atoms. The van der Waals surface area contributed by atoms with Gasteiger partial charge in [-0.05, 0) is 6.42 Å². The summed E-state index contributed by atoms with van der Waals surface area (Å²) in [7, 11) is 0. The van der Waals surface area contributed by atoms with E-state index in [0.29, 0.717) is 11.9 Å². The molecule has 0 aromatic rings. The molecule has 0 aromatic carbocycles. The van der Waals surface area contributed by atoms with Crippen LogP contribution in [0, 0.1) is 4.91 Å². The normalized spacial score (nSPS) is 12.6. The van der Waals surface area contributed by atoms with Crippen LogP contribution >= 0.6 is 11.9 Å². The van der Waals surface area contributed by atoms with Gasteiger partial charge in [0.05, 0.1) is 0 Å². The molecule has 0 bridgehead atoms. The molecule has 0 radical (unpaired) electrons. The number of hydrogen-bond donors (Lipinski definition) is 5. The second-order valence-electron chi connectivity index (χ2n) is 4.18. The van der Waals surface area contributed by atoms with E-state index in [0.717, 1.165) is 0 Å². The Morgan fingerprint density at radius 2 is 1.96 bits per heavy atom. The Morgan fingerprint density at radius 1 is 1.30 bits per heavy atom. The minimum absolute atomic E-state index is 0.131. The van der Waals surface area contributed by atoms with Crippen LogP contribution in [0.25, 0.3) is 0 Å². The van der Waals surface area contributed by atoms with Crippen LogP contribution in [0.4, 0.5) is 0 Å². The van der Waals surface area contributed by atoms with Crippen molar-refractivity contribution in [1.82, 2.24) is 10.6 Å². The maximum Gasteiger partial charge on any atom is 0.343 e. The molecule has 0 aromatic heterocycles. The van der Waals surface area contributed by atoms with Gasteiger partial charge in [0, 0.05) is 28.7 Å². The van der Waals surface area contributed by atoms with E-state index in [1.165, 1.54) is 0 Å². The molecule has 13 heteroatoms. The van der Waals surface area contributed by atoms with E-state index in [2.05, 4.69) is 26.0 Å². The number of nitroso groups, excluding NO2 is 1. The second-order valence-corrected chi connectivity index (χ2v) is 4.92. The third-order valence-electron chi connectivity index (χ3n) is 2.48. The van der Waals surface area contributed by atoms with Gasteiger partial charge >= 0.3 is 11.9 Å². The van der Waals surface area contributed by atoms with Gasteiger partial charge in [-0.3, -0.25) is 14.4 Å². The average molecular weight is 351 g/mol. The smallest absolute Gasteiger partial charge is 0.343 e. The fraction of sp³-hybridized carbons (Fsp3) is 0.600. The summed E-state index contributed by atoms with van der Waals surface area (Å²) in [6, 6.07) is -2.37. The van der Waals surface area contributed by atoms with Crippen molar-refractivity contribution in [3.8, 4) is 0 Å². The largest absolute Gasteiger partial charge is 0.480 e. The number of rotatable bonds is 11. The Balaban J connectivity index is 4.49. The molecular weight excluding hydrogens is 334 g/mol. The Kier molecular flexibility index (Phi) is 10.2. The lowest BCUT2D eigenvalue weighted by molar-refractivity contribution is -0.144. The summed E-state index contributed by atoms with van der Waals surface area (Å²) in [5, 5.41) is 13.0. The van der Waals surface area contributed by atoms with Gasteiger partial charge in [0.25, 0.3) is 0 Å². The summed E-state index contributed by atoms with van der Waals surface area (Å²) in [6.07, 6.45) is -0.366. The van der Waals surface area contributed by atoms with E-state index in [1.54, 1.807) is 0 Å². The van der Waals surface area contributed by atoms with Crippen molar-refractivity contribution in [3.63, 3.8) is 0 Å². The average Bonchev–Trinajstić information content (AvgIpc) is 2.53. The first-order valence-electron chi connectivity index (χ1n) is 6.21. The number of carbonyl (C=O) groups is 4. The minimum Gasteiger partial charge on any atom is -0.480 e. The highest BCUT2D eigenvalue weighted by atomic mass is 32.2. The first-order chi connectivity index (χ1) is 10.8. The molecular formula is C10H17N5O7S. The van der Waals surface area contributed by atoms with E-state index < -0.39 is 42.4 Å². The van der Waals surface area contributed by atoms with E-state index in [-0.39, 0.29) is 18.6 Å². The number of aliphatic carboxylic acids is 1. The molecule has 0 aliphatic rings. The first-order valence-corrected chi connectivity index (χ1v) is 7.15. The van der Waals surface area contributed by atoms with Gasteiger partial charge in [-0.2, -0.15) is 5.90 Å². The first kappa shape index (κ1) is 20.8. The predicted octanol–water partition coefficient (Wildman–Crippen LogP) is -2.39. The van der Waals surface area contributed by atoms with Gasteiger partial charge in [0.2, 0.25) is 11.8 Å². The van der Waals surface area contributed by atoms with E-state index in [9.17, 15) is 24.1 Å². The topological polar surface area (TPSA) is 203 Å². The molecule has 0 rings (SSSR count). The van der Waals surface area contributed by atoms with Crippen molar-refractivity contribution >= 4 is 35.7 Å². The SMILES string of the molecule is NOC(=O)CNC(=O)C(CSN=O)NC(=O)CCC(N)C(=O)O. The van der Waals surface area contributed by atoms with Crippen LogP contribution in [0.2, 0.25) is 0 Å². The van der Waals surface area contributed by atoms with Gasteiger partial charge in [-0.1, -0.05) is 0 Å². The molecule has 2 unspecified atom stereocenters. The van der Waals surface area contributed by atoms with Crippen molar-refractivity contribution in [2.24, 2.45) is 16.2 Å². The zero-order valence-electron chi connectivity index (χ0n) is 11.9. The van der Waals surface area contributed by atoms with Gasteiger partial charge in [-0.15, -0.1) is 4.91 Å². The maximum absolute atomic E-state index is 11.8. The molecule has 0 spiro atoms. The molecule has 0 aliphatic heterocycles. The summed E-state index contributed by atoms with van der Waals surface area (Å²) < 4.78 is 2.50. The predicted molar refractivity (Wildman–Crippen MR) is 78.3 cm³/mol. The maximum atomic E-state index is 11.8. The molecule has 0 saturated carbocycles. The molecule has 7 N–H and O–H groups in total. The van der Waals surface area contributed by atoms with Gasteiger partial charge in [0.1, 0.15) is 18.6 Å². The number of carboxylic acids is 1. The van der Waals surface area contributed by atoms with Crippen LogP contribution in [-0.4, -0.2) is 53.2 Å². The van der Waals surface area contributed by atoms with Gasteiger partial charge in [-0.25, -0.2) is 4.79 Å². The fourth-order valence-electron chi connectivity index (χ4n) is 1.29. The number of nitrogens with two attached hydrogens (primary N) is 2. The van der Waals surface area contributed by atoms with Crippen molar-refractivity contribution in [1.29, 1.82) is 0 Å². The Hall–Kier alpha value is -2.25. The number of carboxylic acid groups (broad SMARTS) is 1. The van der Waals surface area contributed by atoms with Crippen molar-refractivity contribution in [3.05, 3.63) is 4.91 Å². The summed E-state index contributed by atoms with van der Waals surface area (Å²) in [5.41, 5.74) is 5.25. The fourth-order valence-corrected chi connectivity index (χ4v) is 1.73. The Morgan fingerprint density at radius 3 is 2.48 bits per heavy atom. The number of nitrogens with zero attached hydrogens (tertiary/aromatic N) is 1. The number of nitrogens with one attached hydrogen (secondary N) is 2. The van der Waals surface area contributed by atoms with Gasteiger partial charge < -0.3 is 26.3 Å². The van der Waals surface area contributed by atoms with Crippen LogP contribution in [0.5, 0.6) is 0 Å². The molecule has 0 aliphatic carbocycles. The molecule has 2 amide bonds. The molecule has 12 nitrogen and oxygen atoms in total. The van der Waals surface area contributed by atoms with E-state index in [1.807, 2.05) is 0 Å². The number of amides is 2. The van der Waals surface area contributed by atoms with Crippen molar-refractivity contribution in [2.75, 3.05) is 12.3 Å². The monoisotopic (exact) mass is 351 g/mol. The van der Waals surface area contributed by atoms with Crippen molar-refractivity contribution in [2.45, 2.75) is 24.9 Å². The summed E-state index contributed by atoms with van der Waals surface area (Å²) >= 11 is 0.490. The standard InChI is InChI=1S/C10H17N5O7S/c11-5(10(19)20)1-2-7(16)14-6(4-23-15-21)9(18)13-3-8(17)22-12/h5-6H,1-4,11-12H2,(H,13,18)(H,14,16)(H,19,20). The zero-order chi connectivity index (χ0) is 17.8. The second kappa shape index (κ2) is 11.3. The molecule has 0 heterocycles. The zero-order valence-corrected chi connectivity index (χ0v) is 12.7. The van der Waals surface area contributed by atoms with Crippen LogP contribution < -0.4 is 22.3 Å². The molecule has 0 saturated heterocycles. The highest BCUT2D eigenvalue weighted by Crippen LogP contribution is 2.05. The molecule has 2 atom stereocenters.